The first-order chi connectivity index (χ1) is 16.5. The van der Waals surface area contributed by atoms with Crippen LogP contribution in [0.4, 0.5) is 4.39 Å². The van der Waals surface area contributed by atoms with Crippen molar-refractivity contribution in [1.82, 2.24) is 29.5 Å². The summed E-state index contributed by atoms with van der Waals surface area (Å²) in [4.78, 5) is 33.2. The predicted octanol–water partition coefficient (Wildman–Crippen LogP) is 4.94. The van der Waals surface area contributed by atoms with Crippen LogP contribution in [-0.2, 0) is 9.53 Å². The molecule has 0 radical (unpaired) electrons. The smallest absolute Gasteiger partial charge is 0.310 e. The molecule has 5 heterocycles. The fourth-order valence-electron chi connectivity index (χ4n) is 4.11. The molecule has 9 heteroatoms. The Morgan fingerprint density at radius 2 is 1.94 bits per heavy atom. The molecule has 0 spiro atoms. The van der Waals surface area contributed by atoms with Crippen LogP contribution in [-0.4, -0.2) is 42.1 Å². The number of hydrogen-bond donors (Lipinski definition) is 1. The minimum absolute atomic E-state index is 0.234. The molecule has 8 nitrogen and oxygen atoms in total. The van der Waals surface area contributed by atoms with E-state index >= 15 is 0 Å². The second-order valence-corrected chi connectivity index (χ2v) is 8.15. The van der Waals surface area contributed by atoms with E-state index in [9.17, 15) is 9.18 Å². The van der Waals surface area contributed by atoms with E-state index in [-0.39, 0.29) is 12.0 Å². The SMILES string of the molecule is CCOC(=O)[C@H](C)[C@@H](C)n1cc(-c2ccncc2)c2cnc(-c3c[nH]c4ncc(F)cc34)nc21. The van der Waals surface area contributed by atoms with Gasteiger partial charge < -0.3 is 14.3 Å². The lowest BCUT2D eigenvalue weighted by molar-refractivity contribution is -0.148. The Bertz CT molecular complexity index is 1490. The maximum absolute atomic E-state index is 13.9. The number of aromatic amines is 1. The van der Waals surface area contributed by atoms with E-state index in [2.05, 4.69) is 19.9 Å². The molecule has 5 rings (SSSR count). The molecule has 34 heavy (non-hydrogen) atoms. The quantitative estimate of drug-likeness (QED) is 0.362. The summed E-state index contributed by atoms with van der Waals surface area (Å²) in [5, 5.41) is 1.43. The molecule has 5 aromatic rings. The summed E-state index contributed by atoms with van der Waals surface area (Å²) in [6, 6.07) is 5.01. The monoisotopic (exact) mass is 458 g/mol. The minimum Gasteiger partial charge on any atom is -0.466 e. The number of carbonyl (C=O) groups is 1. The fraction of sp³-hybridized carbons (Fsp3) is 0.240. The molecule has 0 saturated carbocycles. The van der Waals surface area contributed by atoms with Crippen LogP contribution in [0.25, 0.3) is 44.6 Å². The maximum atomic E-state index is 13.9. The average molecular weight is 458 g/mol. The van der Waals surface area contributed by atoms with Crippen molar-refractivity contribution in [2.75, 3.05) is 6.61 Å². The van der Waals surface area contributed by atoms with Gasteiger partial charge in [-0.15, -0.1) is 0 Å². The van der Waals surface area contributed by atoms with Crippen LogP contribution in [0.5, 0.6) is 0 Å². The van der Waals surface area contributed by atoms with Crippen molar-refractivity contribution in [2.45, 2.75) is 26.8 Å². The molecule has 0 aliphatic carbocycles. The van der Waals surface area contributed by atoms with Gasteiger partial charge in [-0.2, -0.15) is 0 Å². The van der Waals surface area contributed by atoms with E-state index in [0.29, 0.717) is 34.7 Å². The molecule has 0 aliphatic rings. The maximum Gasteiger partial charge on any atom is 0.310 e. The molecule has 0 aliphatic heterocycles. The van der Waals surface area contributed by atoms with Crippen LogP contribution in [0.3, 0.4) is 0 Å². The summed E-state index contributed by atoms with van der Waals surface area (Å²) in [5.41, 5.74) is 3.76. The van der Waals surface area contributed by atoms with Gasteiger partial charge in [0.15, 0.2) is 5.82 Å². The predicted molar refractivity (Wildman–Crippen MR) is 126 cm³/mol. The first kappa shape index (κ1) is 21.7. The third-order valence-electron chi connectivity index (χ3n) is 6.12. The number of nitrogens with one attached hydrogen (secondary N) is 1. The number of H-pyrrole nitrogens is 1. The van der Waals surface area contributed by atoms with Gasteiger partial charge >= 0.3 is 5.97 Å². The van der Waals surface area contributed by atoms with Crippen molar-refractivity contribution >= 4 is 28.0 Å². The average Bonchev–Trinajstić information content (AvgIpc) is 3.44. The molecule has 0 bridgehead atoms. The molecule has 0 unspecified atom stereocenters. The number of rotatable bonds is 6. The molecule has 2 atom stereocenters. The van der Waals surface area contributed by atoms with Gasteiger partial charge in [0.25, 0.3) is 0 Å². The first-order valence-electron chi connectivity index (χ1n) is 11.1. The largest absolute Gasteiger partial charge is 0.466 e. The van der Waals surface area contributed by atoms with Gasteiger partial charge in [-0.3, -0.25) is 9.78 Å². The third-order valence-corrected chi connectivity index (χ3v) is 6.12. The standard InChI is InChI=1S/C25H23FN6O2/c1-4-34-25(33)14(2)15(3)32-13-21(16-5-7-27-8-6-16)20-12-30-23(31-24(20)32)19-11-29-22-18(19)9-17(26)10-28-22/h5-15H,4H2,1-3H3,(H,28,29)/t14-,15-/m1/s1. The molecule has 0 saturated heterocycles. The van der Waals surface area contributed by atoms with Crippen molar-refractivity contribution < 1.29 is 13.9 Å². The van der Waals surface area contributed by atoms with Gasteiger partial charge in [-0.05, 0) is 44.5 Å². The van der Waals surface area contributed by atoms with Crippen molar-refractivity contribution in [2.24, 2.45) is 5.92 Å². The van der Waals surface area contributed by atoms with E-state index < -0.39 is 11.7 Å². The van der Waals surface area contributed by atoms with E-state index in [1.54, 1.807) is 31.7 Å². The molecule has 5 aromatic heterocycles. The number of pyridine rings is 2. The Kier molecular flexibility index (Phi) is 5.53. The van der Waals surface area contributed by atoms with Gasteiger partial charge in [0, 0.05) is 58.9 Å². The summed E-state index contributed by atoms with van der Waals surface area (Å²) < 4.78 is 21.1. The Labute approximate surface area is 194 Å². The second-order valence-electron chi connectivity index (χ2n) is 8.15. The van der Waals surface area contributed by atoms with Gasteiger partial charge in [-0.25, -0.2) is 19.3 Å². The van der Waals surface area contributed by atoms with Gasteiger partial charge in [0.1, 0.15) is 17.1 Å². The van der Waals surface area contributed by atoms with Crippen molar-refractivity contribution in [3.63, 3.8) is 0 Å². The minimum atomic E-state index is -0.435. The molecule has 1 N–H and O–H groups in total. The zero-order valence-electron chi connectivity index (χ0n) is 19.0. The normalized spacial score (nSPS) is 13.3. The zero-order chi connectivity index (χ0) is 23.8. The lowest BCUT2D eigenvalue weighted by Crippen LogP contribution is -2.24. The summed E-state index contributed by atoms with van der Waals surface area (Å²) in [6.45, 7) is 5.92. The number of ether oxygens (including phenoxy) is 1. The van der Waals surface area contributed by atoms with E-state index in [1.165, 1.54) is 6.07 Å². The second kappa shape index (κ2) is 8.66. The molecular formula is C25H23FN6O2. The van der Waals surface area contributed by atoms with Crippen LogP contribution in [0, 0.1) is 11.7 Å². The number of aromatic nitrogens is 6. The van der Waals surface area contributed by atoms with E-state index in [4.69, 9.17) is 9.72 Å². The highest BCUT2D eigenvalue weighted by Crippen LogP contribution is 2.35. The Morgan fingerprint density at radius 1 is 1.15 bits per heavy atom. The molecule has 172 valence electrons. The lowest BCUT2D eigenvalue weighted by Gasteiger charge is -2.20. The number of nitrogens with zero attached hydrogens (tertiary/aromatic N) is 5. The summed E-state index contributed by atoms with van der Waals surface area (Å²) >= 11 is 0. The first-order valence-corrected chi connectivity index (χ1v) is 11.1. The number of fused-ring (bicyclic) bond motifs is 2. The molecule has 0 fully saturated rings. The van der Waals surface area contributed by atoms with E-state index in [0.717, 1.165) is 22.7 Å². The zero-order valence-corrected chi connectivity index (χ0v) is 19.0. The van der Waals surface area contributed by atoms with Gasteiger partial charge in [-0.1, -0.05) is 0 Å². The van der Waals surface area contributed by atoms with Crippen molar-refractivity contribution in [3.05, 3.63) is 61.2 Å². The summed E-state index contributed by atoms with van der Waals surface area (Å²) in [7, 11) is 0. The highest BCUT2D eigenvalue weighted by atomic mass is 19.1. The Hall–Kier alpha value is -4.14. The van der Waals surface area contributed by atoms with Crippen LogP contribution < -0.4 is 0 Å². The molecule has 0 amide bonds. The Morgan fingerprint density at radius 3 is 2.71 bits per heavy atom. The van der Waals surface area contributed by atoms with Gasteiger partial charge in [0.2, 0.25) is 0 Å². The topological polar surface area (TPSA) is 98.6 Å². The highest BCUT2D eigenvalue weighted by Gasteiger charge is 2.26. The van der Waals surface area contributed by atoms with Crippen LogP contribution in [0.15, 0.2) is 55.4 Å². The fourth-order valence-corrected chi connectivity index (χ4v) is 4.11. The van der Waals surface area contributed by atoms with Crippen LogP contribution >= 0.6 is 0 Å². The van der Waals surface area contributed by atoms with E-state index in [1.807, 2.05) is 36.7 Å². The highest BCUT2D eigenvalue weighted by molar-refractivity contribution is 5.96. The number of halogens is 1. The van der Waals surface area contributed by atoms with Crippen LogP contribution in [0.1, 0.15) is 26.8 Å². The number of esters is 1. The third kappa shape index (κ3) is 3.68. The van der Waals surface area contributed by atoms with Crippen molar-refractivity contribution in [1.29, 1.82) is 0 Å². The van der Waals surface area contributed by atoms with Crippen molar-refractivity contribution in [3.8, 4) is 22.5 Å². The lowest BCUT2D eigenvalue weighted by atomic mass is 10.0. The summed E-state index contributed by atoms with van der Waals surface area (Å²) in [5.74, 6) is -0.669. The van der Waals surface area contributed by atoms with Crippen LogP contribution in [0.2, 0.25) is 0 Å². The number of hydrogen-bond acceptors (Lipinski definition) is 6. The Balaban J connectivity index is 1.69. The molecule has 0 aromatic carbocycles. The number of carbonyl (C=O) groups excluding carboxylic acids is 1. The summed E-state index contributed by atoms with van der Waals surface area (Å²) in [6.07, 6.45) is 10.1. The molecular weight excluding hydrogens is 435 g/mol. The van der Waals surface area contributed by atoms with Gasteiger partial charge in [0.05, 0.1) is 18.7 Å².